The molecule has 2 aromatic rings. The van der Waals surface area contributed by atoms with E-state index >= 15 is 0 Å². The summed E-state index contributed by atoms with van der Waals surface area (Å²) in [7, 11) is 0. The number of hydrogen-bond acceptors (Lipinski definition) is 4. The second-order valence-corrected chi connectivity index (χ2v) is 4.54. The van der Waals surface area contributed by atoms with E-state index in [1.54, 1.807) is 19.9 Å². The molecule has 0 aliphatic carbocycles. The highest BCUT2D eigenvalue weighted by molar-refractivity contribution is 9.10. The number of halogens is 1. The minimum absolute atomic E-state index is 0.197. The van der Waals surface area contributed by atoms with Crippen molar-refractivity contribution in [2.45, 2.75) is 13.8 Å². The van der Waals surface area contributed by atoms with Crippen LogP contribution in [0.5, 0.6) is 0 Å². The topological polar surface area (TPSA) is 85.3 Å². The van der Waals surface area contributed by atoms with Crippen LogP contribution in [0, 0.1) is 13.8 Å². The van der Waals surface area contributed by atoms with E-state index in [1.807, 2.05) is 0 Å². The molecule has 0 aliphatic rings. The van der Waals surface area contributed by atoms with Gasteiger partial charge in [0.15, 0.2) is 5.82 Å². The third-order valence-corrected chi connectivity index (χ3v) is 3.41. The predicted octanol–water partition coefficient (Wildman–Crippen LogP) is 1.90. The highest BCUT2D eigenvalue weighted by atomic mass is 79.9. The van der Waals surface area contributed by atoms with Crippen molar-refractivity contribution in [3.8, 4) is 5.82 Å². The van der Waals surface area contributed by atoms with Gasteiger partial charge in [-0.15, -0.1) is 0 Å². The molecule has 0 spiro atoms. The van der Waals surface area contributed by atoms with Gasteiger partial charge in [0.2, 0.25) is 5.43 Å². The molecular weight excluding hydrogens is 304 g/mol. The van der Waals surface area contributed by atoms with Crippen LogP contribution in [0.1, 0.15) is 21.8 Å². The Labute approximate surface area is 110 Å². The maximum Gasteiger partial charge on any atom is 0.341 e. The number of aromatic nitrogens is 2. The second kappa shape index (κ2) is 4.41. The van der Waals surface area contributed by atoms with E-state index in [1.165, 1.54) is 10.8 Å². The number of carbonyl (C=O) groups is 1. The Balaban J connectivity index is 2.76. The molecule has 0 bridgehead atoms. The third-order valence-electron chi connectivity index (χ3n) is 2.47. The molecule has 2 rings (SSSR count). The highest BCUT2D eigenvalue weighted by Gasteiger charge is 2.17. The summed E-state index contributed by atoms with van der Waals surface area (Å²) in [5, 5.41) is 12.8. The third kappa shape index (κ3) is 1.97. The molecule has 1 N–H and O–H groups in total. The summed E-state index contributed by atoms with van der Waals surface area (Å²) in [6.45, 7) is 3.41. The van der Waals surface area contributed by atoms with Crippen molar-refractivity contribution < 1.29 is 14.4 Å². The van der Waals surface area contributed by atoms with E-state index in [0.717, 1.165) is 0 Å². The molecule has 0 radical (unpaired) electrons. The molecule has 0 saturated heterocycles. The van der Waals surface area contributed by atoms with Crippen LogP contribution in [0.3, 0.4) is 0 Å². The normalized spacial score (nSPS) is 10.6. The van der Waals surface area contributed by atoms with Crippen LogP contribution < -0.4 is 5.43 Å². The lowest BCUT2D eigenvalue weighted by molar-refractivity contribution is 0.0694. The van der Waals surface area contributed by atoms with Crippen molar-refractivity contribution in [3.63, 3.8) is 0 Å². The van der Waals surface area contributed by atoms with E-state index < -0.39 is 11.4 Å². The number of carboxylic acid groups (broad SMARTS) is 1. The molecule has 0 fully saturated rings. The predicted molar refractivity (Wildman–Crippen MR) is 66.2 cm³/mol. The lowest BCUT2D eigenvalue weighted by atomic mass is 10.2. The van der Waals surface area contributed by atoms with Crippen molar-refractivity contribution in [2.24, 2.45) is 0 Å². The van der Waals surface area contributed by atoms with Crippen LogP contribution in [-0.4, -0.2) is 20.8 Å². The number of carboxylic acids is 1. The van der Waals surface area contributed by atoms with Crippen molar-refractivity contribution in [3.05, 3.63) is 44.0 Å². The molecule has 18 heavy (non-hydrogen) atoms. The van der Waals surface area contributed by atoms with Gasteiger partial charge in [-0.25, -0.2) is 4.79 Å². The van der Waals surface area contributed by atoms with Crippen LogP contribution >= 0.6 is 15.9 Å². The van der Waals surface area contributed by atoms with Crippen LogP contribution in [-0.2, 0) is 0 Å². The first-order valence-electron chi connectivity index (χ1n) is 5.00. The molecule has 0 aromatic carbocycles. The maximum atomic E-state index is 11.7. The second-order valence-electron chi connectivity index (χ2n) is 3.74. The Morgan fingerprint density at radius 2 is 2.17 bits per heavy atom. The van der Waals surface area contributed by atoms with Gasteiger partial charge in [-0.1, -0.05) is 5.16 Å². The molecule has 0 aliphatic heterocycles. The van der Waals surface area contributed by atoms with Crippen molar-refractivity contribution in [2.75, 3.05) is 0 Å². The van der Waals surface area contributed by atoms with E-state index in [9.17, 15) is 9.59 Å². The SMILES string of the molecule is Cc1cc(-n2cc(C(=O)O)c(=O)c(Br)c2C)no1. The smallest absolute Gasteiger partial charge is 0.341 e. The summed E-state index contributed by atoms with van der Waals surface area (Å²) in [6, 6.07) is 1.65. The van der Waals surface area contributed by atoms with Gasteiger partial charge in [-0.2, -0.15) is 0 Å². The fourth-order valence-corrected chi connectivity index (χ4v) is 1.93. The molecule has 0 atom stereocenters. The zero-order valence-electron chi connectivity index (χ0n) is 9.60. The molecule has 6 nitrogen and oxygen atoms in total. The molecule has 0 amide bonds. The Morgan fingerprint density at radius 1 is 1.50 bits per heavy atom. The first kappa shape index (κ1) is 12.6. The van der Waals surface area contributed by atoms with Gasteiger partial charge < -0.3 is 14.2 Å². The summed E-state index contributed by atoms with van der Waals surface area (Å²) in [6.07, 6.45) is 1.24. The number of rotatable bonds is 2. The fraction of sp³-hybridized carbons (Fsp3) is 0.182. The van der Waals surface area contributed by atoms with Gasteiger partial charge >= 0.3 is 5.97 Å². The van der Waals surface area contributed by atoms with Gasteiger partial charge in [0.05, 0.1) is 4.47 Å². The summed E-state index contributed by atoms with van der Waals surface area (Å²) < 4.78 is 6.62. The van der Waals surface area contributed by atoms with Crippen LogP contribution in [0.2, 0.25) is 0 Å². The lowest BCUT2D eigenvalue weighted by Crippen LogP contribution is -2.20. The number of aromatic carboxylic acids is 1. The number of aryl methyl sites for hydroxylation is 1. The summed E-state index contributed by atoms with van der Waals surface area (Å²) in [5.74, 6) is -0.265. The minimum atomic E-state index is -1.28. The lowest BCUT2D eigenvalue weighted by Gasteiger charge is -2.09. The zero-order valence-corrected chi connectivity index (χ0v) is 11.2. The van der Waals surface area contributed by atoms with E-state index in [-0.39, 0.29) is 10.0 Å². The summed E-state index contributed by atoms with van der Waals surface area (Å²) in [4.78, 5) is 22.7. The first-order valence-corrected chi connectivity index (χ1v) is 5.80. The highest BCUT2D eigenvalue weighted by Crippen LogP contribution is 2.17. The standard InChI is InChI=1S/C11H9BrN2O4/c1-5-3-8(13-18-5)14-4-7(11(16)17)10(15)9(12)6(14)2/h3-4H,1-2H3,(H,16,17). The Morgan fingerprint density at radius 3 is 2.67 bits per heavy atom. The van der Waals surface area contributed by atoms with E-state index in [0.29, 0.717) is 17.3 Å². The molecule has 2 heterocycles. The van der Waals surface area contributed by atoms with Gasteiger partial charge in [0, 0.05) is 18.0 Å². The largest absolute Gasteiger partial charge is 0.477 e. The Hall–Kier alpha value is -1.89. The maximum absolute atomic E-state index is 11.7. The molecule has 94 valence electrons. The Bertz CT molecular complexity index is 687. The monoisotopic (exact) mass is 312 g/mol. The van der Waals surface area contributed by atoms with Crippen molar-refractivity contribution in [1.29, 1.82) is 0 Å². The minimum Gasteiger partial charge on any atom is -0.477 e. The van der Waals surface area contributed by atoms with Gasteiger partial charge in [-0.05, 0) is 29.8 Å². The number of pyridine rings is 1. The van der Waals surface area contributed by atoms with Gasteiger partial charge in [0.1, 0.15) is 11.3 Å². The van der Waals surface area contributed by atoms with Crippen LogP contribution in [0.4, 0.5) is 0 Å². The van der Waals surface area contributed by atoms with Crippen LogP contribution in [0.25, 0.3) is 5.82 Å². The summed E-state index contributed by atoms with van der Waals surface area (Å²) in [5.41, 5.74) is -0.331. The zero-order chi connectivity index (χ0) is 13.4. The molecule has 2 aromatic heterocycles. The quantitative estimate of drug-likeness (QED) is 0.915. The average Bonchev–Trinajstić information content (AvgIpc) is 2.72. The fourth-order valence-electron chi connectivity index (χ4n) is 1.53. The molecule has 0 unspecified atom stereocenters. The number of nitrogens with zero attached hydrogens (tertiary/aromatic N) is 2. The molecule has 0 saturated carbocycles. The van der Waals surface area contributed by atoms with Gasteiger partial charge in [0.25, 0.3) is 0 Å². The van der Waals surface area contributed by atoms with Crippen molar-refractivity contribution >= 4 is 21.9 Å². The van der Waals surface area contributed by atoms with Crippen LogP contribution in [0.15, 0.2) is 26.1 Å². The summed E-state index contributed by atoms with van der Waals surface area (Å²) >= 11 is 3.10. The molecule has 7 heteroatoms. The first-order chi connectivity index (χ1) is 8.41. The number of hydrogen-bond donors (Lipinski definition) is 1. The van der Waals surface area contributed by atoms with Gasteiger partial charge in [-0.3, -0.25) is 4.79 Å². The average molecular weight is 313 g/mol. The van der Waals surface area contributed by atoms with Crippen molar-refractivity contribution in [1.82, 2.24) is 9.72 Å². The van der Waals surface area contributed by atoms with E-state index in [2.05, 4.69) is 21.1 Å². The van der Waals surface area contributed by atoms with E-state index in [4.69, 9.17) is 9.63 Å². The molecular formula is C11H9BrN2O4. The Kier molecular flexibility index (Phi) is 3.08.